The fourth-order valence-corrected chi connectivity index (χ4v) is 2.04. The highest BCUT2D eigenvalue weighted by molar-refractivity contribution is 5.75. The van der Waals surface area contributed by atoms with E-state index in [-0.39, 0.29) is 11.9 Å². The van der Waals surface area contributed by atoms with E-state index in [9.17, 15) is 4.79 Å². The first kappa shape index (κ1) is 12.4. The third-order valence-corrected chi connectivity index (χ3v) is 2.95. The molecule has 5 heteroatoms. The zero-order valence-corrected chi connectivity index (χ0v) is 9.53. The average Bonchev–Trinajstić information content (AvgIpc) is 2.28. The zero-order valence-electron chi connectivity index (χ0n) is 9.53. The van der Waals surface area contributed by atoms with Crippen LogP contribution in [0.4, 0.5) is 0 Å². The Balaban J connectivity index is 2.47. The highest BCUT2D eigenvalue weighted by Gasteiger charge is 2.26. The summed E-state index contributed by atoms with van der Waals surface area (Å²) in [6.45, 7) is 6.62. The number of nitrogens with one attached hydrogen (secondary N) is 1. The first-order chi connectivity index (χ1) is 7.19. The molecule has 1 aliphatic rings. The van der Waals surface area contributed by atoms with Gasteiger partial charge in [-0.25, -0.2) is 5.84 Å². The third kappa shape index (κ3) is 3.44. The van der Waals surface area contributed by atoms with Crippen molar-refractivity contribution in [3.63, 3.8) is 0 Å². The second-order valence-corrected chi connectivity index (χ2v) is 4.00. The standard InChI is InChI=1S/C10H21N3O2/c1-3-9-7-15-5-4-13(9)8(2)6-10(14)12-11/h8-9H,3-7,11H2,1-2H3,(H,12,14). The van der Waals surface area contributed by atoms with E-state index in [2.05, 4.69) is 24.2 Å². The minimum absolute atomic E-state index is 0.108. The Morgan fingerprint density at radius 3 is 3.07 bits per heavy atom. The van der Waals surface area contributed by atoms with Crippen LogP contribution in [0.5, 0.6) is 0 Å². The lowest BCUT2D eigenvalue weighted by atomic mass is 10.1. The molecule has 1 rings (SSSR count). The molecule has 0 spiro atoms. The van der Waals surface area contributed by atoms with Gasteiger partial charge in [-0.1, -0.05) is 6.92 Å². The molecule has 2 atom stereocenters. The largest absolute Gasteiger partial charge is 0.378 e. The molecule has 0 aromatic rings. The molecule has 0 aliphatic carbocycles. The predicted octanol–water partition coefficient (Wildman–Crippen LogP) is -0.134. The molecule has 1 amide bonds. The summed E-state index contributed by atoms with van der Waals surface area (Å²) < 4.78 is 5.42. The number of rotatable bonds is 4. The molecule has 1 aliphatic heterocycles. The van der Waals surface area contributed by atoms with Crippen molar-refractivity contribution >= 4 is 5.91 Å². The summed E-state index contributed by atoms with van der Waals surface area (Å²) in [5.74, 6) is 4.97. The summed E-state index contributed by atoms with van der Waals surface area (Å²) in [4.78, 5) is 13.5. The van der Waals surface area contributed by atoms with E-state index in [1.54, 1.807) is 0 Å². The van der Waals surface area contributed by atoms with E-state index in [0.29, 0.717) is 12.5 Å². The molecule has 1 heterocycles. The summed E-state index contributed by atoms with van der Waals surface area (Å²) in [6, 6.07) is 0.654. The molecule has 5 nitrogen and oxygen atoms in total. The molecule has 15 heavy (non-hydrogen) atoms. The maximum atomic E-state index is 11.2. The van der Waals surface area contributed by atoms with Gasteiger partial charge in [0.15, 0.2) is 0 Å². The zero-order chi connectivity index (χ0) is 11.3. The van der Waals surface area contributed by atoms with Crippen LogP contribution in [0, 0.1) is 0 Å². The number of nitrogens with two attached hydrogens (primary N) is 1. The second-order valence-electron chi connectivity index (χ2n) is 4.00. The Kier molecular flexibility index (Phi) is 5.01. The van der Waals surface area contributed by atoms with Gasteiger partial charge in [-0.2, -0.15) is 0 Å². The van der Waals surface area contributed by atoms with Gasteiger partial charge in [0.05, 0.1) is 13.2 Å². The number of ether oxygens (including phenoxy) is 1. The number of carbonyl (C=O) groups excluding carboxylic acids is 1. The highest BCUT2D eigenvalue weighted by Crippen LogP contribution is 2.15. The van der Waals surface area contributed by atoms with Crippen LogP contribution in [0.15, 0.2) is 0 Å². The number of morpholine rings is 1. The van der Waals surface area contributed by atoms with E-state index < -0.39 is 0 Å². The molecule has 88 valence electrons. The molecule has 0 bridgehead atoms. The van der Waals surface area contributed by atoms with Crippen LogP contribution in [-0.4, -0.2) is 42.6 Å². The Morgan fingerprint density at radius 2 is 2.47 bits per heavy atom. The van der Waals surface area contributed by atoms with Gasteiger partial charge < -0.3 is 4.74 Å². The summed E-state index contributed by atoms with van der Waals surface area (Å²) in [7, 11) is 0. The van der Waals surface area contributed by atoms with Gasteiger partial charge in [-0.15, -0.1) is 0 Å². The SMILES string of the molecule is CCC1COCCN1C(C)CC(=O)NN. The first-order valence-corrected chi connectivity index (χ1v) is 5.52. The van der Waals surface area contributed by atoms with E-state index >= 15 is 0 Å². The monoisotopic (exact) mass is 215 g/mol. The topological polar surface area (TPSA) is 67.6 Å². The number of hydrogen-bond donors (Lipinski definition) is 2. The number of nitrogens with zero attached hydrogens (tertiary/aromatic N) is 1. The first-order valence-electron chi connectivity index (χ1n) is 5.52. The quantitative estimate of drug-likeness (QED) is 0.389. The minimum atomic E-state index is -0.108. The molecule has 2 unspecified atom stereocenters. The lowest BCUT2D eigenvalue weighted by molar-refractivity contribution is -0.123. The van der Waals surface area contributed by atoms with E-state index in [4.69, 9.17) is 10.6 Å². The fourth-order valence-electron chi connectivity index (χ4n) is 2.04. The van der Waals surface area contributed by atoms with Crippen LogP contribution in [0.25, 0.3) is 0 Å². The number of hydrogen-bond acceptors (Lipinski definition) is 4. The van der Waals surface area contributed by atoms with E-state index in [1.807, 2.05) is 0 Å². The Labute approximate surface area is 90.9 Å². The van der Waals surface area contributed by atoms with Crippen LogP contribution < -0.4 is 11.3 Å². The molecule has 0 aromatic carbocycles. The van der Waals surface area contributed by atoms with Gasteiger partial charge in [-0.05, 0) is 13.3 Å². The van der Waals surface area contributed by atoms with Crippen LogP contribution in [0.2, 0.25) is 0 Å². The summed E-state index contributed by atoms with van der Waals surface area (Å²) >= 11 is 0. The minimum Gasteiger partial charge on any atom is -0.378 e. The van der Waals surface area contributed by atoms with Crippen molar-refractivity contribution in [3.05, 3.63) is 0 Å². The number of hydrazine groups is 1. The average molecular weight is 215 g/mol. The molecule has 1 saturated heterocycles. The molecule has 0 aromatic heterocycles. The molecular formula is C10H21N3O2. The van der Waals surface area contributed by atoms with E-state index in [0.717, 1.165) is 26.2 Å². The molecule has 0 saturated carbocycles. The van der Waals surface area contributed by atoms with Crippen molar-refractivity contribution in [1.82, 2.24) is 10.3 Å². The maximum Gasteiger partial charge on any atom is 0.235 e. The highest BCUT2D eigenvalue weighted by atomic mass is 16.5. The fraction of sp³-hybridized carbons (Fsp3) is 0.900. The van der Waals surface area contributed by atoms with Crippen molar-refractivity contribution in [3.8, 4) is 0 Å². The van der Waals surface area contributed by atoms with Crippen molar-refractivity contribution in [2.45, 2.75) is 38.8 Å². The summed E-state index contributed by atoms with van der Waals surface area (Å²) in [5, 5.41) is 0. The predicted molar refractivity (Wildman–Crippen MR) is 58.0 cm³/mol. The Hall–Kier alpha value is -0.650. The lowest BCUT2D eigenvalue weighted by Gasteiger charge is -2.39. The normalized spacial score (nSPS) is 24.9. The van der Waals surface area contributed by atoms with Gasteiger partial charge in [0, 0.05) is 25.0 Å². The van der Waals surface area contributed by atoms with Gasteiger partial charge in [0.25, 0.3) is 0 Å². The molecular weight excluding hydrogens is 194 g/mol. The van der Waals surface area contributed by atoms with Crippen molar-refractivity contribution < 1.29 is 9.53 Å². The lowest BCUT2D eigenvalue weighted by Crippen LogP contribution is -2.51. The summed E-state index contributed by atoms with van der Waals surface area (Å²) in [6.07, 6.45) is 1.50. The third-order valence-electron chi connectivity index (χ3n) is 2.95. The van der Waals surface area contributed by atoms with Crippen molar-refractivity contribution in [2.24, 2.45) is 5.84 Å². The van der Waals surface area contributed by atoms with Crippen LogP contribution in [0.1, 0.15) is 26.7 Å². The number of carbonyl (C=O) groups is 1. The molecule has 1 fully saturated rings. The van der Waals surface area contributed by atoms with Crippen LogP contribution in [-0.2, 0) is 9.53 Å². The smallest absolute Gasteiger partial charge is 0.235 e. The second kappa shape index (κ2) is 6.05. The molecule has 0 radical (unpaired) electrons. The number of amides is 1. The van der Waals surface area contributed by atoms with Crippen molar-refractivity contribution in [2.75, 3.05) is 19.8 Å². The van der Waals surface area contributed by atoms with Gasteiger partial charge >= 0.3 is 0 Å². The van der Waals surface area contributed by atoms with Gasteiger partial charge in [0.1, 0.15) is 0 Å². The van der Waals surface area contributed by atoms with Gasteiger partial charge in [-0.3, -0.25) is 15.1 Å². The Morgan fingerprint density at radius 1 is 1.73 bits per heavy atom. The van der Waals surface area contributed by atoms with Crippen molar-refractivity contribution in [1.29, 1.82) is 0 Å². The Bertz CT molecular complexity index is 211. The van der Waals surface area contributed by atoms with Crippen LogP contribution >= 0.6 is 0 Å². The summed E-state index contributed by atoms with van der Waals surface area (Å²) in [5.41, 5.74) is 2.17. The maximum absolute atomic E-state index is 11.2. The molecule has 3 N–H and O–H groups in total. The van der Waals surface area contributed by atoms with E-state index in [1.165, 1.54) is 0 Å². The van der Waals surface area contributed by atoms with Crippen LogP contribution in [0.3, 0.4) is 0 Å². The van der Waals surface area contributed by atoms with Gasteiger partial charge in [0.2, 0.25) is 5.91 Å².